The van der Waals surface area contributed by atoms with Gasteiger partial charge in [0.25, 0.3) is 5.24 Å². The third-order valence-electron chi connectivity index (χ3n) is 4.57. The zero-order chi connectivity index (χ0) is 21.0. The van der Waals surface area contributed by atoms with Crippen molar-refractivity contribution in [1.82, 2.24) is 4.90 Å². The number of amides is 3. The molecule has 0 bridgehead atoms. The molecule has 8 heteroatoms. The molecule has 0 aromatic heterocycles. The first kappa shape index (κ1) is 21.3. The maximum atomic E-state index is 12.6. The lowest BCUT2D eigenvalue weighted by Crippen LogP contribution is -2.28. The summed E-state index contributed by atoms with van der Waals surface area (Å²) in [5.74, 6) is -0.616. The predicted molar refractivity (Wildman–Crippen MR) is 119 cm³/mol. The maximum Gasteiger partial charge on any atom is 0.285 e. The summed E-state index contributed by atoms with van der Waals surface area (Å²) in [6.45, 7) is 0.370. The third-order valence-corrected chi connectivity index (χ3v) is 6.36. The number of hydrogen-bond donors (Lipinski definition) is 1. The van der Waals surface area contributed by atoms with Crippen molar-refractivity contribution in [2.45, 2.75) is 16.2 Å². The number of carbonyl (C=O) groups is 3. The van der Waals surface area contributed by atoms with E-state index < -0.39 is 5.92 Å². The number of rotatable bonds is 5. The van der Waals surface area contributed by atoms with Gasteiger partial charge in [0.15, 0.2) is 0 Å². The average Bonchev–Trinajstić information content (AvgIpc) is 3.11. The highest BCUT2D eigenvalue weighted by Gasteiger charge is 2.35. The largest absolute Gasteiger partial charge is 0.339 e. The maximum absolute atomic E-state index is 12.6. The molecule has 29 heavy (non-hydrogen) atoms. The summed E-state index contributed by atoms with van der Waals surface area (Å²) in [5, 5.41) is 2.81. The van der Waals surface area contributed by atoms with Gasteiger partial charge in [-0.25, -0.2) is 0 Å². The van der Waals surface area contributed by atoms with Crippen LogP contribution in [0.4, 0.5) is 16.2 Å². The van der Waals surface area contributed by atoms with Crippen LogP contribution in [0.1, 0.15) is 6.42 Å². The highest BCUT2D eigenvalue weighted by atomic mass is 32.2. The SMILES string of the molecule is CSc1ccc(N2CC(C(=O)Nc3ccc(SC(=O)N(C)C)cc3)CC2=O)cc1. The second-order valence-corrected chi connectivity index (χ2v) is 8.78. The van der Waals surface area contributed by atoms with Crippen LogP contribution in [0, 0.1) is 5.92 Å². The number of carbonyl (C=O) groups excluding carboxylic acids is 3. The number of thioether (sulfide) groups is 2. The van der Waals surface area contributed by atoms with Gasteiger partial charge >= 0.3 is 0 Å². The molecule has 1 aliphatic heterocycles. The molecule has 6 nitrogen and oxygen atoms in total. The van der Waals surface area contributed by atoms with Gasteiger partial charge in [-0.05, 0) is 66.5 Å². The van der Waals surface area contributed by atoms with E-state index in [4.69, 9.17) is 0 Å². The molecule has 3 amide bonds. The Morgan fingerprint density at radius 2 is 1.66 bits per heavy atom. The lowest BCUT2D eigenvalue weighted by atomic mass is 10.1. The highest BCUT2D eigenvalue weighted by molar-refractivity contribution is 8.13. The van der Waals surface area contributed by atoms with E-state index in [0.717, 1.165) is 27.2 Å². The quantitative estimate of drug-likeness (QED) is 0.723. The Bertz CT molecular complexity index is 898. The molecule has 1 saturated heterocycles. The Kier molecular flexibility index (Phi) is 6.87. The van der Waals surface area contributed by atoms with Gasteiger partial charge in [0.1, 0.15) is 0 Å². The van der Waals surface area contributed by atoms with Gasteiger partial charge in [0.2, 0.25) is 11.8 Å². The molecule has 1 atom stereocenters. The summed E-state index contributed by atoms with van der Waals surface area (Å²) in [5.41, 5.74) is 1.46. The van der Waals surface area contributed by atoms with Gasteiger partial charge in [-0.15, -0.1) is 11.8 Å². The van der Waals surface area contributed by atoms with Crippen LogP contribution in [-0.4, -0.2) is 48.8 Å². The minimum atomic E-state index is -0.396. The van der Waals surface area contributed by atoms with E-state index in [1.807, 2.05) is 30.5 Å². The van der Waals surface area contributed by atoms with Crippen molar-refractivity contribution in [3.63, 3.8) is 0 Å². The predicted octanol–water partition coefficient (Wildman–Crippen LogP) is 4.17. The van der Waals surface area contributed by atoms with Gasteiger partial charge in [0, 0.05) is 48.2 Å². The van der Waals surface area contributed by atoms with E-state index in [0.29, 0.717) is 12.2 Å². The van der Waals surface area contributed by atoms with Crippen molar-refractivity contribution in [2.24, 2.45) is 5.92 Å². The van der Waals surface area contributed by atoms with Crippen molar-refractivity contribution in [3.8, 4) is 0 Å². The molecular formula is C21H23N3O3S2. The minimum absolute atomic E-state index is 0.0454. The summed E-state index contributed by atoms with van der Waals surface area (Å²) < 4.78 is 0. The van der Waals surface area contributed by atoms with Crippen LogP contribution >= 0.6 is 23.5 Å². The van der Waals surface area contributed by atoms with E-state index >= 15 is 0 Å². The smallest absolute Gasteiger partial charge is 0.285 e. The minimum Gasteiger partial charge on any atom is -0.339 e. The second kappa shape index (κ2) is 9.37. The van der Waals surface area contributed by atoms with Crippen LogP contribution in [0.25, 0.3) is 0 Å². The van der Waals surface area contributed by atoms with Crippen molar-refractivity contribution in [2.75, 3.05) is 37.1 Å². The zero-order valence-electron chi connectivity index (χ0n) is 16.5. The number of nitrogens with one attached hydrogen (secondary N) is 1. The standard InChI is InChI=1S/C21H23N3O3S2/c1-23(2)21(27)29-18-8-4-15(5-9-18)22-20(26)14-12-19(25)24(13-14)16-6-10-17(28-3)11-7-16/h4-11,14H,12-13H2,1-3H3,(H,22,26). The van der Waals surface area contributed by atoms with Crippen LogP contribution in [0.5, 0.6) is 0 Å². The van der Waals surface area contributed by atoms with Crippen molar-refractivity contribution in [1.29, 1.82) is 0 Å². The number of anilines is 2. The zero-order valence-corrected chi connectivity index (χ0v) is 18.2. The first-order valence-corrected chi connectivity index (χ1v) is 11.2. The molecule has 2 aromatic rings. The number of hydrogen-bond acceptors (Lipinski definition) is 5. The van der Waals surface area contributed by atoms with Crippen LogP contribution in [0.2, 0.25) is 0 Å². The number of benzene rings is 2. The second-order valence-electron chi connectivity index (χ2n) is 6.88. The van der Waals surface area contributed by atoms with Gasteiger partial charge in [-0.1, -0.05) is 0 Å². The topological polar surface area (TPSA) is 69.7 Å². The average molecular weight is 430 g/mol. The summed E-state index contributed by atoms with van der Waals surface area (Å²) in [7, 11) is 3.40. The molecular weight excluding hydrogens is 406 g/mol. The third kappa shape index (κ3) is 5.33. The van der Waals surface area contributed by atoms with E-state index in [1.165, 1.54) is 4.90 Å². The Morgan fingerprint density at radius 1 is 1.03 bits per heavy atom. The monoisotopic (exact) mass is 429 g/mol. The molecule has 3 rings (SSSR count). The molecule has 152 valence electrons. The fourth-order valence-electron chi connectivity index (χ4n) is 2.94. The van der Waals surface area contributed by atoms with Gasteiger partial charge < -0.3 is 15.1 Å². The van der Waals surface area contributed by atoms with Crippen LogP contribution in [0.3, 0.4) is 0 Å². The van der Waals surface area contributed by atoms with Crippen LogP contribution in [0.15, 0.2) is 58.3 Å². The molecule has 1 N–H and O–H groups in total. The summed E-state index contributed by atoms with van der Waals surface area (Å²) in [6.07, 6.45) is 2.20. The molecule has 1 unspecified atom stereocenters. The summed E-state index contributed by atoms with van der Waals surface area (Å²) in [4.78, 5) is 41.9. The normalized spacial score (nSPS) is 16.0. The molecule has 2 aromatic carbocycles. The van der Waals surface area contributed by atoms with E-state index in [1.54, 1.807) is 55.0 Å². The first-order chi connectivity index (χ1) is 13.9. The van der Waals surface area contributed by atoms with Crippen molar-refractivity contribution < 1.29 is 14.4 Å². The molecule has 0 saturated carbocycles. The lowest BCUT2D eigenvalue weighted by molar-refractivity contribution is -0.122. The van der Waals surface area contributed by atoms with E-state index in [-0.39, 0.29) is 23.5 Å². The Hall–Kier alpha value is -2.45. The van der Waals surface area contributed by atoms with Crippen LogP contribution in [-0.2, 0) is 9.59 Å². The van der Waals surface area contributed by atoms with Crippen molar-refractivity contribution in [3.05, 3.63) is 48.5 Å². The fraction of sp³-hybridized carbons (Fsp3) is 0.286. The fourth-order valence-corrected chi connectivity index (χ4v) is 4.00. The van der Waals surface area contributed by atoms with Gasteiger partial charge in [0.05, 0.1) is 5.92 Å². The molecule has 0 spiro atoms. The van der Waals surface area contributed by atoms with Gasteiger partial charge in [-0.3, -0.25) is 14.4 Å². The Morgan fingerprint density at radius 3 is 2.24 bits per heavy atom. The lowest BCUT2D eigenvalue weighted by Gasteiger charge is -2.17. The molecule has 1 fully saturated rings. The van der Waals surface area contributed by atoms with E-state index in [2.05, 4.69) is 5.32 Å². The van der Waals surface area contributed by atoms with Gasteiger partial charge in [-0.2, -0.15) is 0 Å². The molecule has 1 heterocycles. The Labute approximate surface area is 179 Å². The highest BCUT2D eigenvalue weighted by Crippen LogP contribution is 2.28. The summed E-state index contributed by atoms with van der Waals surface area (Å²) >= 11 is 2.77. The molecule has 0 radical (unpaired) electrons. The van der Waals surface area contributed by atoms with Crippen molar-refractivity contribution >= 4 is 52.0 Å². The summed E-state index contributed by atoms with van der Waals surface area (Å²) in [6, 6.07) is 14.9. The first-order valence-electron chi connectivity index (χ1n) is 9.12. The molecule has 1 aliphatic rings. The van der Waals surface area contributed by atoms with E-state index in [9.17, 15) is 14.4 Å². The van der Waals surface area contributed by atoms with Crippen LogP contribution < -0.4 is 10.2 Å². The molecule has 0 aliphatic carbocycles. The number of nitrogens with zero attached hydrogens (tertiary/aromatic N) is 2. The Balaban J connectivity index is 1.59.